The molecular formula is C8H6ClNO2. The highest BCUT2D eigenvalue weighted by Crippen LogP contribution is 2.20. The molecule has 0 amide bonds. The van der Waals surface area contributed by atoms with E-state index in [1.54, 1.807) is 12.1 Å². The molecule has 1 aromatic carbocycles. The van der Waals surface area contributed by atoms with Gasteiger partial charge in [0.05, 0.1) is 5.88 Å². The second-order valence-corrected chi connectivity index (χ2v) is 2.66. The molecule has 2 aromatic rings. The first kappa shape index (κ1) is 7.43. The Kier molecular flexibility index (Phi) is 1.66. The van der Waals surface area contributed by atoms with Gasteiger partial charge in [0.25, 0.3) is 0 Å². The van der Waals surface area contributed by atoms with Crippen molar-refractivity contribution in [1.29, 1.82) is 0 Å². The highest BCUT2D eigenvalue weighted by atomic mass is 35.5. The van der Waals surface area contributed by atoms with Crippen LogP contribution in [0.5, 0.6) is 5.75 Å². The summed E-state index contributed by atoms with van der Waals surface area (Å²) in [4.78, 5) is 4.06. The molecular weight excluding hydrogens is 178 g/mol. The number of benzene rings is 1. The summed E-state index contributed by atoms with van der Waals surface area (Å²) in [5.74, 6) is 0.882. The van der Waals surface area contributed by atoms with E-state index in [1.807, 2.05) is 0 Å². The first-order valence-corrected chi connectivity index (χ1v) is 3.97. The zero-order valence-corrected chi connectivity index (χ0v) is 6.88. The number of phenolic OH excluding ortho intramolecular Hbond substituents is 1. The van der Waals surface area contributed by atoms with Gasteiger partial charge in [-0.2, -0.15) is 0 Å². The summed E-state index contributed by atoms with van der Waals surface area (Å²) in [5.41, 5.74) is 1.27. The Morgan fingerprint density at radius 2 is 2.33 bits per heavy atom. The molecule has 4 heteroatoms. The van der Waals surface area contributed by atoms with Crippen molar-refractivity contribution in [2.24, 2.45) is 0 Å². The zero-order chi connectivity index (χ0) is 8.55. The average molecular weight is 184 g/mol. The van der Waals surface area contributed by atoms with Gasteiger partial charge in [-0.05, 0) is 12.1 Å². The lowest BCUT2D eigenvalue weighted by Crippen LogP contribution is -1.72. The molecule has 0 saturated heterocycles. The van der Waals surface area contributed by atoms with E-state index in [2.05, 4.69) is 4.98 Å². The van der Waals surface area contributed by atoms with Crippen LogP contribution in [0.3, 0.4) is 0 Å². The van der Waals surface area contributed by atoms with E-state index in [4.69, 9.17) is 21.1 Å². The first-order valence-electron chi connectivity index (χ1n) is 3.44. The number of hydrogen-bond donors (Lipinski definition) is 1. The Balaban J connectivity index is 2.67. The van der Waals surface area contributed by atoms with E-state index in [0.29, 0.717) is 17.0 Å². The summed E-state index contributed by atoms with van der Waals surface area (Å²) in [7, 11) is 0. The Bertz CT molecular complexity index is 410. The number of oxazole rings is 1. The lowest BCUT2D eigenvalue weighted by molar-refractivity contribution is 0.473. The first-order chi connectivity index (χ1) is 5.79. The van der Waals surface area contributed by atoms with Crippen LogP contribution in [0, 0.1) is 0 Å². The van der Waals surface area contributed by atoms with Crippen LogP contribution in [-0.4, -0.2) is 10.1 Å². The van der Waals surface area contributed by atoms with Crippen LogP contribution in [0.2, 0.25) is 0 Å². The van der Waals surface area contributed by atoms with Gasteiger partial charge in [0.15, 0.2) is 5.58 Å². The third kappa shape index (κ3) is 1.12. The van der Waals surface area contributed by atoms with Crippen LogP contribution in [0.4, 0.5) is 0 Å². The number of alkyl halides is 1. The molecule has 0 fully saturated rings. The number of phenols is 1. The lowest BCUT2D eigenvalue weighted by Gasteiger charge is -1.87. The monoisotopic (exact) mass is 183 g/mol. The largest absolute Gasteiger partial charge is 0.508 e. The van der Waals surface area contributed by atoms with Crippen LogP contribution in [0.1, 0.15) is 5.89 Å². The molecule has 62 valence electrons. The second kappa shape index (κ2) is 2.68. The van der Waals surface area contributed by atoms with Crippen LogP contribution in [-0.2, 0) is 5.88 Å². The van der Waals surface area contributed by atoms with E-state index in [-0.39, 0.29) is 11.6 Å². The molecule has 0 aliphatic heterocycles. The molecule has 0 aliphatic rings. The standard InChI is InChI=1S/C8H6ClNO2/c9-4-8-10-6-2-1-5(11)3-7(6)12-8/h1-3,11H,4H2. The fraction of sp³-hybridized carbons (Fsp3) is 0.125. The number of halogens is 1. The maximum absolute atomic E-state index is 9.09. The highest BCUT2D eigenvalue weighted by Gasteiger charge is 2.03. The summed E-state index contributed by atoms with van der Waals surface area (Å²) in [5, 5.41) is 9.09. The van der Waals surface area contributed by atoms with E-state index < -0.39 is 0 Å². The minimum atomic E-state index is 0.166. The number of rotatable bonds is 1. The van der Waals surface area contributed by atoms with Crippen LogP contribution >= 0.6 is 11.6 Å². The Morgan fingerprint density at radius 3 is 3.08 bits per heavy atom. The van der Waals surface area contributed by atoms with Crippen molar-refractivity contribution in [3.63, 3.8) is 0 Å². The van der Waals surface area contributed by atoms with Gasteiger partial charge >= 0.3 is 0 Å². The third-order valence-electron chi connectivity index (χ3n) is 1.53. The van der Waals surface area contributed by atoms with Crippen molar-refractivity contribution < 1.29 is 9.52 Å². The Labute approximate surface area is 73.6 Å². The number of fused-ring (bicyclic) bond motifs is 1. The minimum absolute atomic E-state index is 0.166. The van der Waals surface area contributed by atoms with E-state index in [0.717, 1.165) is 0 Å². The Morgan fingerprint density at radius 1 is 1.50 bits per heavy atom. The molecule has 0 spiro atoms. The van der Waals surface area contributed by atoms with Gasteiger partial charge in [0.1, 0.15) is 11.3 Å². The summed E-state index contributed by atoms with van der Waals surface area (Å²) in [6, 6.07) is 4.76. The van der Waals surface area contributed by atoms with Crippen molar-refractivity contribution in [2.45, 2.75) is 5.88 Å². The zero-order valence-electron chi connectivity index (χ0n) is 6.12. The van der Waals surface area contributed by atoms with Gasteiger partial charge in [-0.25, -0.2) is 4.98 Å². The van der Waals surface area contributed by atoms with Gasteiger partial charge in [-0.3, -0.25) is 0 Å². The summed E-state index contributed by atoms with van der Waals surface area (Å²) < 4.78 is 5.19. The van der Waals surface area contributed by atoms with Crippen LogP contribution in [0.15, 0.2) is 22.6 Å². The van der Waals surface area contributed by atoms with Crippen LogP contribution in [0.25, 0.3) is 11.1 Å². The number of aromatic nitrogens is 1. The Hall–Kier alpha value is -1.22. The highest BCUT2D eigenvalue weighted by molar-refractivity contribution is 6.16. The predicted molar refractivity (Wildman–Crippen MR) is 45.2 cm³/mol. The molecule has 12 heavy (non-hydrogen) atoms. The summed E-state index contributed by atoms with van der Waals surface area (Å²) in [6.07, 6.45) is 0. The summed E-state index contributed by atoms with van der Waals surface area (Å²) >= 11 is 5.52. The molecule has 0 saturated carbocycles. The predicted octanol–water partition coefficient (Wildman–Crippen LogP) is 2.27. The molecule has 1 aromatic heterocycles. The van der Waals surface area contributed by atoms with Crippen LogP contribution < -0.4 is 0 Å². The molecule has 0 atom stereocenters. The van der Waals surface area contributed by atoms with Gasteiger partial charge in [0.2, 0.25) is 5.89 Å². The topological polar surface area (TPSA) is 46.3 Å². The van der Waals surface area contributed by atoms with Crippen molar-refractivity contribution >= 4 is 22.7 Å². The van der Waals surface area contributed by atoms with Crippen molar-refractivity contribution in [3.8, 4) is 5.75 Å². The average Bonchev–Trinajstić information content (AvgIpc) is 2.46. The van der Waals surface area contributed by atoms with Crippen molar-refractivity contribution in [1.82, 2.24) is 4.98 Å². The molecule has 0 unspecified atom stereocenters. The second-order valence-electron chi connectivity index (χ2n) is 2.39. The van der Waals surface area contributed by atoms with Gasteiger partial charge in [-0.1, -0.05) is 0 Å². The molecule has 2 rings (SSSR count). The SMILES string of the molecule is Oc1ccc2nc(CCl)oc2c1. The van der Waals surface area contributed by atoms with E-state index >= 15 is 0 Å². The molecule has 3 nitrogen and oxygen atoms in total. The summed E-state index contributed by atoms with van der Waals surface area (Å²) in [6.45, 7) is 0. The van der Waals surface area contributed by atoms with E-state index in [9.17, 15) is 0 Å². The van der Waals surface area contributed by atoms with E-state index in [1.165, 1.54) is 6.07 Å². The molecule has 1 heterocycles. The molecule has 0 bridgehead atoms. The van der Waals surface area contributed by atoms with Gasteiger partial charge in [-0.15, -0.1) is 11.6 Å². The molecule has 0 aliphatic carbocycles. The fourth-order valence-electron chi connectivity index (χ4n) is 1.02. The third-order valence-corrected chi connectivity index (χ3v) is 1.76. The molecule has 1 N–H and O–H groups in total. The number of aromatic hydroxyl groups is 1. The quantitative estimate of drug-likeness (QED) is 0.690. The molecule has 0 radical (unpaired) electrons. The fourth-order valence-corrected chi connectivity index (χ4v) is 1.13. The maximum atomic E-state index is 9.09. The normalized spacial score (nSPS) is 10.8. The van der Waals surface area contributed by atoms with Gasteiger partial charge < -0.3 is 9.52 Å². The number of hydrogen-bond acceptors (Lipinski definition) is 3. The lowest BCUT2D eigenvalue weighted by atomic mass is 10.3. The smallest absolute Gasteiger partial charge is 0.210 e. The van der Waals surface area contributed by atoms with Crippen molar-refractivity contribution in [3.05, 3.63) is 24.1 Å². The minimum Gasteiger partial charge on any atom is -0.508 e. The van der Waals surface area contributed by atoms with Crippen molar-refractivity contribution in [2.75, 3.05) is 0 Å². The van der Waals surface area contributed by atoms with Gasteiger partial charge in [0, 0.05) is 6.07 Å². The maximum Gasteiger partial charge on any atom is 0.210 e. The number of nitrogens with zero attached hydrogens (tertiary/aromatic N) is 1.